The van der Waals surface area contributed by atoms with Crippen molar-refractivity contribution < 1.29 is 27.0 Å². The van der Waals surface area contributed by atoms with Crippen LogP contribution in [0.5, 0.6) is 0 Å². The maximum Gasteiger partial charge on any atom is 0.418 e. The number of nitrogens with one attached hydrogen (secondary N) is 3. The van der Waals surface area contributed by atoms with Gasteiger partial charge < -0.3 is 25.1 Å². The molecule has 2 aliphatic rings. The summed E-state index contributed by atoms with van der Waals surface area (Å²) < 4.78 is 67.5. The molecule has 3 aromatic heterocycles. The number of aromatic nitrogens is 4. The first-order valence-electron chi connectivity index (χ1n) is 11.9. The Morgan fingerprint density at radius 1 is 1.35 bits per heavy atom. The van der Waals surface area contributed by atoms with Crippen molar-refractivity contribution >= 4 is 34.1 Å². The van der Waals surface area contributed by atoms with Gasteiger partial charge >= 0.3 is 6.18 Å². The Balaban J connectivity index is 1.30. The van der Waals surface area contributed by atoms with Crippen LogP contribution in [0.2, 0.25) is 5.15 Å². The van der Waals surface area contributed by atoms with Crippen molar-refractivity contribution in [2.24, 2.45) is 0 Å². The smallest absolute Gasteiger partial charge is 0.387 e. The number of hydrogen-bond acceptors (Lipinski definition) is 7. The molecule has 202 valence electrons. The summed E-state index contributed by atoms with van der Waals surface area (Å²) in [6.45, 7) is 2.51. The van der Waals surface area contributed by atoms with Crippen LogP contribution < -0.4 is 10.6 Å². The molecule has 1 unspecified atom stereocenters. The quantitative estimate of drug-likeness (QED) is 0.364. The van der Waals surface area contributed by atoms with Gasteiger partial charge in [-0.25, -0.2) is 14.1 Å². The van der Waals surface area contributed by atoms with Crippen molar-refractivity contribution in [3.05, 3.63) is 34.7 Å². The molecule has 3 aromatic rings. The van der Waals surface area contributed by atoms with Gasteiger partial charge in [0.1, 0.15) is 28.9 Å². The molecule has 9 nitrogen and oxygen atoms in total. The van der Waals surface area contributed by atoms with E-state index in [-0.39, 0.29) is 29.3 Å². The predicted molar refractivity (Wildman–Crippen MR) is 131 cm³/mol. The molecule has 0 aliphatic carbocycles. The summed E-state index contributed by atoms with van der Waals surface area (Å²) in [6.07, 6.45) is -3.17. The highest BCUT2D eigenvalue weighted by molar-refractivity contribution is 6.30. The maximum atomic E-state index is 15.1. The highest BCUT2D eigenvalue weighted by atomic mass is 35.5. The molecule has 2 saturated heterocycles. The zero-order chi connectivity index (χ0) is 26.3. The fraction of sp³-hybridized carbons (Fsp3) is 0.565. The molecule has 0 aromatic carbocycles. The van der Waals surface area contributed by atoms with E-state index in [2.05, 4.69) is 30.6 Å². The van der Waals surface area contributed by atoms with E-state index >= 15 is 4.39 Å². The number of H-pyrrole nitrogens is 1. The molecule has 5 heterocycles. The molecule has 5 rings (SSSR count). The third-order valence-corrected chi connectivity index (χ3v) is 7.46. The molecule has 3 N–H and O–H groups in total. The Morgan fingerprint density at radius 2 is 2.14 bits per heavy atom. The van der Waals surface area contributed by atoms with Gasteiger partial charge in [0.05, 0.1) is 42.4 Å². The molecule has 2 aliphatic heterocycles. The number of ether oxygens (including phenoxy) is 2. The third-order valence-electron chi connectivity index (χ3n) is 7.07. The topological polar surface area (TPSA) is 92.3 Å². The van der Waals surface area contributed by atoms with Crippen LogP contribution in [-0.2, 0) is 15.7 Å². The van der Waals surface area contributed by atoms with Crippen LogP contribution in [0.3, 0.4) is 0 Å². The first-order valence-corrected chi connectivity index (χ1v) is 12.3. The second-order valence-electron chi connectivity index (χ2n) is 9.23. The largest absolute Gasteiger partial charge is 0.418 e. The first kappa shape index (κ1) is 26.0. The lowest BCUT2D eigenvalue weighted by molar-refractivity contribution is -0.136. The number of aromatic amines is 1. The summed E-state index contributed by atoms with van der Waals surface area (Å²) in [5.41, 5.74) is 0.149. The third kappa shape index (κ3) is 4.97. The number of nitrogens with zero attached hydrogens (tertiary/aromatic N) is 4. The number of methoxy groups -OCH3 is 1. The summed E-state index contributed by atoms with van der Waals surface area (Å²) in [7, 11) is 3.05. The number of pyridine rings is 1. The van der Waals surface area contributed by atoms with Crippen molar-refractivity contribution in [2.75, 3.05) is 57.6 Å². The molecule has 2 fully saturated rings. The summed E-state index contributed by atoms with van der Waals surface area (Å²) >= 11 is 6.64. The minimum atomic E-state index is -4.51. The van der Waals surface area contributed by atoms with E-state index in [1.54, 1.807) is 13.2 Å². The average Bonchev–Trinajstić information content (AvgIpc) is 3.42. The SMILES string of the molecule is CNc1cc(NCC(OC)c2cnn([C@H]3CCN(C4COC4)C[C@@H]3F)c2Cl)nc2[nH]cc(C(F)(F)F)c12. The summed E-state index contributed by atoms with van der Waals surface area (Å²) in [6, 6.07) is 1.29. The van der Waals surface area contributed by atoms with Crippen LogP contribution in [0.4, 0.5) is 29.1 Å². The van der Waals surface area contributed by atoms with Gasteiger partial charge in [0.15, 0.2) is 0 Å². The molecule has 0 radical (unpaired) electrons. The van der Waals surface area contributed by atoms with E-state index in [4.69, 9.17) is 21.1 Å². The number of fused-ring (bicyclic) bond motifs is 1. The molecular weight excluding hydrogens is 518 g/mol. The standard InChI is InChI=1S/C23H28ClF4N7O2/c1-29-16-5-19(33-22-20(16)14(7-31-22)23(26,27)28)30-8-18(36-2)13-6-32-35(21(13)24)17-3-4-34(9-15(17)25)12-10-37-11-12/h5-7,12,15,17-18H,3-4,8-11H2,1-2H3,(H3,29,30,31,33)/t15-,17-,18?/m0/s1. The van der Waals surface area contributed by atoms with E-state index < -0.39 is 30.1 Å². The number of alkyl halides is 4. The average molecular weight is 546 g/mol. The van der Waals surface area contributed by atoms with Gasteiger partial charge in [-0.15, -0.1) is 0 Å². The van der Waals surface area contributed by atoms with Crippen LogP contribution in [-0.4, -0.2) is 83.9 Å². The molecule has 0 saturated carbocycles. The van der Waals surface area contributed by atoms with Gasteiger partial charge in [0.25, 0.3) is 0 Å². The lowest BCUT2D eigenvalue weighted by atomic mass is 10.0. The second kappa shape index (κ2) is 10.3. The van der Waals surface area contributed by atoms with Crippen molar-refractivity contribution in [3.63, 3.8) is 0 Å². The highest BCUT2D eigenvalue weighted by Crippen LogP contribution is 2.39. The highest BCUT2D eigenvalue weighted by Gasteiger charge is 2.38. The van der Waals surface area contributed by atoms with E-state index in [0.29, 0.717) is 42.7 Å². The van der Waals surface area contributed by atoms with Crippen molar-refractivity contribution in [1.29, 1.82) is 0 Å². The van der Waals surface area contributed by atoms with E-state index in [9.17, 15) is 13.2 Å². The fourth-order valence-electron chi connectivity index (χ4n) is 4.93. The number of likely N-dealkylation sites (tertiary alicyclic amines) is 1. The van der Waals surface area contributed by atoms with Gasteiger partial charge in [-0.1, -0.05) is 11.6 Å². The van der Waals surface area contributed by atoms with Crippen molar-refractivity contribution in [3.8, 4) is 0 Å². The monoisotopic (exact) mass is 545 g/mol. The minimum absolute atomic E-state index is 0.0372. The van der Waals surface area contributed by atoms with Gasteiger partial charge in [-0.2, -0.15) is 18.3 Å². The number of anilines is 2. The zero-order valence-electron chi connectivity index (χ0n) is 20.3. The number of halogens is 5. The molecule has 3 atom stereocenters. The van der Waals surface area contributed by atoms with Gasteiger partial charge in [-0.05, 0) is 6.42 Å². The van der Waals surface area contributed by atoms with Crippen LogP contribution in [0.15, 0.2) is 18.5 Å². The first-order chi connectivity index (χ1) is 17.7. The van der Waals surface area contributed by atoms with Gasteiger partial charge in [-0.3, -0.25) is 4.90 Å². The number of rotatable bonds is 8. The number of hydrogen-bond donors (Lipinski definition) is 3. The van der Waals surface area contributed by atoms with Crippen molar-refractivity contribution in [2.45, 2.75) is 37.0 Å². The van der Waals surface area contributed by atoms with Gasteiger partial charge in [0, 0.05) is 57.3 Å². The van der Waals surface area contributed by atoms with Crippen LogP contribution >= 0.6 is 11.6 Å². The lowest BCUT2D eigenvalue weighted by Gasteiger charge is -2.42. The van der Waals surface area contributed by atoms with E-state index in [1.165, 1.54) is 17.9 Å². The van der Waals surface area contributed by atoms with Gasteiger partial charge in [0.2, 0.25) is 0 Å². The van der Waals surface area contributed by atoms with Crippen LogP contribution in [0.1, 0.15) is 29.7 Å². The minimum Gasteiger partial charge on any atom is -0.387 e. The van der Waals surface area contributed by atoms with E-state index in [0.717, 1.165) is 12.7 Å². The van der Waals surface area contributed by atoms with Crippen LogP contribution in [0, 0.1) is 0 Å². The Bertz CT molecular complexity index is 1250. The Kier molecular flexibility index (Phi) is 7.22. The predicted octanol–water partition coefficient (Wildman–Crippen LogP) is 4.26. The summed E-state index contributed by atoms with van der Waals surface area (Å²) in [5, 5.41) is 10.5. The Hall–Kier alpha value is -2.61. The lowest BCUT2D eigenvalue weighted by Crippen LogP contribution is -2.55. The number of piperidine rings is 1. The molecule has 0 bridgehead atoms. The molecule has 37 heavy (non-hydrogen) atoms. The normalized spacial score (nSPS) is 22.2. The fourth-order valence-corrected chi connectivity index (χ4v) is 5.27. The second-order valence-corrected chi connectivity index (χ2v) is 9.59. The van der Waals surface area contributed by atoms with E-state index in [1.807, 2.05) is 0 Å². The Labute approximate surface area is 215 Å². The molecular formula is C23H28ClF4N7O2. The molecule has 14 heteroatoms. The molecule has 0 spiro atoms. The molecule has 0 amide bonds. The maximum absolute atomic E-state index is 15.1. The zero-order valence-corrected chi connectivity index (χ0v) is 21.0. The summed E-state index contributed by atoms with van der Waals surface area (Å²) in [4.78, 5) is 8.98. The summed E-state index contributed by atoms with van der Waals surface area (Å²) in [5.74, 6) is 0.342. The Morgan fingerprint density at radius 3 is 2.76 bits per heavy atom. The van der Waals surface area contributed by atoms with Crippen molar-refractivity contribution in [1.82, 2.24) is 24.6 Å². The van der Waals surface area contributed by atoms with Crippen LogP contribution in [0.25, 0.3) is 11.0 Å².